The first-order valence-corrected chi connectivity index (χ1v) is 13.0. The van der Waals surface area contributed by atoms with Crippen LogP contribution in [0.1, 0.15) is 77.7 Å². The summed E-state index contributed by atoms with van der Waals surface area (Å²) in [6.45, 7) is 6.44. The largest absolute Gasteiger partial charge is 0.371 e. The highest BCUT2D eigenvalue weighted by atomic mass is 32.2. The molecular weight excluding hydrogens is 434 g/mol. The second-order valence-electron chi connectivity index (χ2n) is 9.02. The fourth-order valence-electron chi connectivity index (χ4n) is 3.72. The Labute approximate surface area is 202 Å². The minimum atomic E-state index is -0.571. The van der Waals surface area contributed by atoms with Gasteiger partial charge in [-0.15, -0.1) is 0 Å². The van der Waals surface area contributed by atoms with E-state index in [1.54, 1.807) is 11.8 Å². The van der Waals surface area contributed by atoms with Crippen molar-refractivity contribution in [2.24, 2.45) is 5.92 Å². The summed E-state index contributed by atoms with van der Waals surface area (Å²) in [5.41, 5.74) is 1.08. The van der Waals surface area contributed by atoms with Crippen molar-refractivity contribution in [2.75, 3.05) is 6.54 Å². The molecule has 1 unspecified atom stereocenters. The number of hydrogen-bond acceptors (Lipinski definition) is 5. The minimum absolute atomic E-state index is 0.0854. The van der Waals surface area contributed by atoms with Crippen LogP contribution in [0.4, 0.5) is 0 Å². The first-order chi connectivity index (χ1) is 15.9. The van der Waals surface area contributed by atoms with Gasteiger partial charge in [-0.3, -0.25) is 14.4 Å². The molecule has 0 bridgehead atoms. The maximum atomic E-state index is 13.1. The lowest BCUT2D eigenvalue weighted by Gasteiger charge is -2.31. The lowest BCUT2D eigenvalue weighted by Crippen LogP contribution is -2.51. The second kappa shape index (κ2) is 14.1. The average molecular weight is 474 g/mol. The van der Waals surface area contributed by atoms with E-state index in [1.807, 2.05) is 48.9 Å². The molecule has 0 spiro atoms. The zero-order valence-corrected chi connectivity index (χ0v) is 21.0. The van der Waals surface area contributed by atoms with E-state index < -0.39 is 10.9 Å². The van der Waals surface area contributed by atoms with Crippen molar-refractivity contribution in [3.8, 4) is 0 Å². The fourth-order valence-corrected chi connectivity index (χ4v) is 4.65. The molecule has 1 aliphatic heterocycles. The van der Waals surface area contributed by atoms with Crippen LogP contribution in [0, 0.1) is 5.92 Å². The van der Waals surface area contributed by atoms with Gasteiger partial charge >= 0.3 is 0 Å². The maximum Gasteiger partial charge on any atom is 0.242 e. The Hall–Kier alpha value is -2.28. The lowest BCUT2D eigenvalue weighted by molar-refractivity contribution is -0.129. The first-order valence-electron chi connectivity index (χ1n) is 12.1. The van der Waals surface area contributed by atoms with Crippen molar-refractivity contribution >= 4 is 29.4 Å². The molecule has 2 atom stereocenters. The van der Waals surface area contributed by atoms with Gasteiger partial charge in [0.2, 0.25) is 11.8 Å². The summed E-state index contributed by atoms with van der Waals surface area (Å²) >= 11 is 1.63. The highest BCUT2D eigenvalue weighted by Crippen LogP contribution is 2.37. The molecule has 2 rings (SSSR count). The van der Waals surface area contributed by atoms with Gasteiger partial charge in [-0.1, -0.05) is 75.7 Å². The van der Waals surface area contributed by atoms with Gasteiger partial charge in [0, 0.05) is 25.5 Å². The minimum Gasteiger partial charge on any atom is -0.371 e. The van der Waals surface area contributed by atoms with E-state index in [9.17, 15) is 14.4 Å². The van der Waals surface area contributed by atoms with Crippen molar-refractivity contribution in [1.29, 1.82) is 0 Å². The van der Waals surface area contributed by atoms with Crippen LogP contribution in [0.5, 0.6) is 0 Å². The summed E-state index contributed by atoms with van der Waals surface area (Å²) in [5.74, 6) is 0.454. The van der Waals surface area contributed by atoms with Crippen LogP contribution >= 0.6 is 11.8 Å². The van der Waals surface area contributed by atoms with E-state index in [0.29, 0.717) is 38.1 Å². The molecule has 1 aromatic rings. The molecule has 0 saturated heterocycles. The van der Waals surface area contributed by atoms with E-state index in [0.717, 1.165) is 31.2 Å². The lowest BCUT2D eigenvalue weighted by atomic mass is 10.0. The standard InChI is InChI=1S/C26H39N3O3S/c1-4-22(30)13-9-6-10-14-23(29-24(31)16-15-20(2)3)25(32)27-19-26(28-17-18-33-26)21-11-7-5-8-12-21/h5,7-8,11-12,17-18,20,23,28H,4,6,9-10,13-16,19H2,1-3H3,(H,27,32)(H,29,31)/t23-,26?/m0/s1. The Morgan fingerprint density at radius 1 is 1.03 bits per heavy atom. The molecule has 1 aliphatic rings. The van der Waals surface area contributed by atoms with Crippen LogP contribution in [-0.4, -0.2) is 30.2 Å². The molecule has 7 heteroatoms. The zero-order chi connectivity index (χ0) is 24.1. The number of thioether (sulfide) groups is 1. The molecule has 3 N–H and O–H groups in total. The zero-order valence-electron chi connectivity index (χ0n) is 20.2. The number of Topliss-reactive ketones (excluding diaryl/α,β-unsaturated/α-hetero) is 1. The Kier molecular flexibility index (Phi) is 11.5. The van der Waals surface area contributed by atoms with Crippen LogP contribution in [0.25, 0.3) is 0 Å². The monoisotopic (exact) mass is 473 g/mol. The Morgan fingerprint density at radius 2 is 1.79 bits per heavy atom. The molecule has 2 amide bonds. The van der Waals surface area contributed by atoms with E-state index in [1.165, 1.54) is 0 Å². The normalized spacial score (nSPS) is 18.1. The second-order valence-corrected chi connectivity index (χ2v) is 10.2. The molecule has 1 aromatic carbocycles. The maximum absolute atomic E-state index is 13.1. The van der Waals surface area contributed by atoms with Gasteiger partial charge in [-0.25, -0.2) is 0 Å². The van der Waals surface area contributed by atoms with Gasteiger partial charge in [0.15, 0.2) is 0 Å². The Morgan fingerprint density at radius 3 is 2.42 bits per heavy atom. The van der Waals surface area contributed by atoms with Crippen LogP contribution in [0.2, 0.25) is 0 Å². The van der Waals surface area contributed by atoms with Crippen molar-refractivity contribution in [2.45, 2.75) is 83.1 Å². The summed E-state index contributed by atoms with van der Waals surface area (Å²) in [5, 5.41) is 11.4. The fraction of sp³-hybridized carbons (Fsp3) is 0.577. The number of carbonyl (C=O) groups excluding carboxylic acids is 3. The number of ketones is 1. The van der Waals surface area contributed by atoms with Crippen LogP contribution in [0.15, 0.2) is 41.9 Å². The molecule has 33 heavy (non-hydrogen) atoms. The number of benzene rings is 1. The van der Waals surface area contributed by atoms with Crippen molar-refractivity contribution in [3.05, 3.63) is 47.5 Å². The van der Waals surface area contributed by atoms with Crippen molar-refractivity contribution in [1.82, 2.24) is 16.0 Å². The van der Waals surface area contributed by atoms with E-state index in [2.05, 4.69) is 29.8 Å². The van der Waals surface area contributed by atoms with Gasteiger partial charge in [0.25, 0.3) is 0 Å². The van der Waals surface area contributed by atoms with Crippen LogP contribution in [-0.2, 0) is 19.3 Å². The quantitative estimate of drug-likeness (QED) is 0.324. The van der Waals surface area contributed by atoms with E-state index in [4.69, 9.17) is 0 Å². The van der Waals surface area contributed by atoms with Gasteiger partial charge < -0.3 is 16.0 Å². The first kappa shape index (κ1) is 27.0. The third kappa shape index (κ3) is 9.24. The summed E-state index contributed by atoms with van der Waals surface area (Å²) in [6, 6.07) is 9.46. The third-order valence-corrected chi connectivity index (χ3v) is 7.02. The van der Waals surface area contributed by atoms with Crippen molar-refractivity contribution < 1.29 is 14.4 Å². The molecule has 6 nitrogen and oxygen atoms in total. The number of unbranched alkanes of at least 4 members (excludes halogenated alkanes) is 2. The molecule has 0 aromatic heterocycles. The van der Waals surface area contributed by atoms with E-state index in [-0.39, 0.29) is 17.6 Å². The van der Waals surface area contributed by atoms with Crippen molar-refractivity contribution in [3.63, 3.8) is 0 Å². The molecule has 0 radical (unpaired) electrons. The number of nitrogens with one attached hydrogen (secondary N) is 3. The molecule has 0 fully saturated rings. The van der Waals surface area contributed by atoms with Crippen LogP contribution < -0.4 is 16.0 Å². The summed E-state index contributed by atoms with van der Waals surface area (Å²) in [4.78, 5) is 36.6. The number of carbonyl (C=O) groups is 3. The predicted molar refractivity (Wildman–Crippen MR) is 135 cm³/mol. The molecule has 0 saturated carbocycles. The molecule has 182 valence electrons. The average Bonchev–Trinajstić information content (AvgIpc) is 3.31. The SMILES string of the molecule is CCC(=O)CCCCC[C@H](NC(=O)CCC(C)C)C(=O)NCC1(c2ccccc2)NC=CS1. The van der Waals surface area contributed by atoms with Gasteiger partial charge in [0.05, 0.1) is 6.54 Å². The summed E-state index contributed by atoms with van der Waals surface area (Å²) in [6.07, 6.45) is 7.31. The molecule has 1 heterocycles. The van der Waals surface area contributed by atoms with Gasteiger partial charge in [0.1, 0.15) is 16.7 Å². The number of amides is 2. The summed E-state index contributed by atoms with van der Waals surface area (Å²) < 4.78 is 0. The number of rotatable bonds is 15. The van der Waals surface area contributed by atoms with Gasteiger partial charge in [-0.2, -0.15) is 0 Å². The number of hydrogen-bond donors (Lipinski definition) is 3. The highest BCUT2D eigenvalue weighted by molar-refractivity contribution is 8.03. The van der Waals surface area contributed by atoms with E-state index >= 15 is 0 Å². The highest BCUT2D eigenvalue weighted by Gasteiger charge is 2.35. The predicted octanol–water partition coefficient (Wildman–Crippen LogP) is 4.61. The topological polar surface area (TPSA) is 87.3 Å². The van der Waals surface area contributed by atoms with Crippen LogP contribution in [0.3, 0.4) is 0 Å². The summed E-state index contributed by atoms with van der Waals surface area (Å²) in [7, 11) is 0. The molecule has 0 aliphatic carbocycles. The Bertz CT molecular complexity index is 787. The third-order valence-electron chi connectivity index (χ3n) is 5.85. The van der Waals surface area contributed by atoms with Gasteiger partial charge in [-0.05, 0) is 36.2 Å². The Balaban J connectivity index is 1.95. The molecular formula is C26H39N3O3S. The smallest absolute Gasteiger partial charge is 0.242 e.